The molecule has 112 valence electrons. The Morgan fingerprint density at radius 3 is 2.60 bits per heavy atom. The minimum Gasteiger partial charge on any atom is -0.493 e. The zero-order valence-corrected chi connectivity index (χ0v) is 13.2. The molecule has 0 aliphatic heterocycles. The normalized spacial score (nSPS) is 11.5. The van der Waals surface area contributed by atoms with E-state index in [1.807, 2.05) is 12.1 Å². The van der Waals surface area contributed by atoms with Gasteiger partial charge in [0.25, 0.3) is 0 Å². The topological polar surface area (TPSA) is 30.5 Å². The van der Waals surface area contributed by atoms with E-state index in [1.165, 1.54) is 5.57 Å². The van der Waals surface area contributed by atoms with Crippen LogP contribution in [0.2, 0.25) is 0 Å². The summed E-state index contributed by atoms with van der Waals surface area (Å²) in [6.45, 7) is 9.03. The molecule has 0 saturated carbocycles. The first-order chi connectivity index (χ1) is 9.74. The third-order valence-corrected chi connectivity index (χ3v) is 3.08. The molecule has 0 bridgehead atoms. The van der Waals surface area contributed by atoms with Crippen LogP contribution in [0, 0.1) is 0 Å². The van der Waals surface area contributed by atoms with Gasteiger partial charge in [-0.1, -0.05) is 38.5 Å². The van der Waals surface area contributed by atoms with Crippen molar-refractivity contribution in [3.05, 3.63) is 29.3 Å². The van der Waals surface area contributed by atoms with Crippen LogP contribution < -0.4 is 14.8 Å². The van der Waals surface area contributed by atoms with Crippen LogP contribution in [0.25, 0.3) is 6.08 Å². The molecule has 0 aliphatic rings. The third-order valence-electron chi connectivity index (χ3n) is 3.08. The molecule has 0 heterocycles. The monoisotopic (exact) mass is 277 g/mol. The van der Waals surface area contributed by atoms with Crippen LogP contribution in [0.1, 0.15) is 39.2 Å². The van der Waals surface area contributed by atoms with Crippen molar-refractivity contribution in [2.45, 2.75) is 33.6 Å². The van der Waals surface area contributed by atoms with Crippen molar-refractivity contribution < 1.29 is 9.47 Å². The number of ether oxygens (including phenoxy) is 2. The van der Waals surface area contributed by atoms with Crippen molar-refractivity contribution in [1.29, 1.82) is 0 Å². The SMILES string of the molecule is CCCOc1ccc(C=C(CC)CNCC)cc1OC. The van der Waals surface area contributed by atoms with Gasteiger partial charge in [-0.15, -0.1) is 0 Å². The average Bonchev–Trinajstić information content (AvgIpc) is 2.49. The lowest BCUT2D eigenvalue weighted by molar-refractivity contribution is 0.294. The second-order valence-electron chi connectivity index (χ2n) is 4.70. The molecular formula is C17H27NO2. The van der Waals surface area contributed by atoms with Gasteiger partial charge in [0, 0.05) is 6.54 Å². The van der Waals surface area contributed by atoms with E-state index in [0.717, 1.165) is 43.0 Å². The van der Waals surface area contributed by atoms with Crippen molar-refractivity contribution in [3.63, 3.8) is 0 Å². The zero-order chi connectivity index (χ0) is 14.8. The molecule has 3 heteroatoms. The van der Waals surface area contributed by atoms with Gasteiger partial charge in [-0.2, -0.15) is 0 Å². The van der Waals surface area contributed by atoms with Crippen LogP contribution in [-0.4, -0.2) is 26.8 Å². The summed E-state index contributed by atoms with van der Waals surface area (Å²) >= 11 is 0. The fourth-order valence-corrected chi connectivity index (χ4v) is 1.90. The Kier molecular flexibility index (Phi) is 7.81. The van der Waals surface area contributed by atoms with Gasteiger partial charge in [-0.25, -0.2) is 0 Å². The first-order valence-corrected chi connectivity index (χ1v) is 7.46. The molecule has 3 nitrogen and oxygen atoms in total. The lowest BCUT2D eigenvalue weighted by Gasteiger charge is -2.11. The average molecular weight is 277 g/mol. The van der Waals surface area contributed by atoms with Crippen molar-refractivity contribution in [1.82, 2.24) is 5.32 Å². The van der Waals surface area contributed by atoms with Gasteiger partial charge in [0.1, 0.15) is 0 Å². The standard InChI is InChI=1S/C17H27NO2/c1-5-10-20-16-9-8-15(12-17(16)19-4)11-14(6-2)13-18-7-3/h8-9,11-12,18H,5-7,10,13H2,1-4H3. The van der Waals surface area contributed by atoms with Crippen LogP contribution in [-0.2, 0) is 0 Å². The number of rotatable bonds is 9. The minimum atomic E-state index is 0.714. The van der Waals surface area contributed by atoms with Gasteiger partial charge >= 0.3 is 0 Å². The Morgan fingerprint density at radius 1 is 1.20 bits per heavy atom. The fraction of sp³-hybridized carbons (Fsp3) is 0.529. The van der Waals surface area contributed by atoms with Crippen molar-refractivity contribution in [2.24, 2.45) is 0 Å². The van der Waals surface area contributed by atoms with E-state index in [1.54, 1.807) is 7.11 Å². The maximum atomic E-state index is 5.67. The molecular weight excluding hydrogens is 250 g/mol. The second-order valence-corrected chi connectivity index (χ2v) is 4.70. The first kappa shape index (κ1) is 16.6. The van der Waals surface area contributed by atoms with Gasteiger partial charge in [-0.3, -0.25) is 0 Å². The van der Waals surface area contributed by atoms with Crippen LogP contribution in [0.3, 0.4) is 0 Å². The molecule has 0 spiro atoms. The number of hydrogen-bond acceptors (Lipinski definition) is 3. The summed E-state index contributed by atoms with van der Waals surface area (Å²) in [6.07, 6.45) is 4.26. The lowest BCUT2D eigenvalue weighted by Crippen LogP contribution is -2.15. The molecule has 0 saturated heterocycles. The second kappa shape index (κ2) is 9.43. The van der Waals surface area contributed by atoms with Crippen molar-refractivity contribution >= 4 is 6.08 Å². The maximum Gasteiger partial charge on any atom is 0.161 e. The molecule has 1 N–H and O–H groups in total. The lowest BCUT2D eigenvalue weighted by atomic mass is 10.1. The largest absolute Gasteiger partial charge is 0.493 e. The zero-order valence-electron chi connectivity index (χ0n) is 13.2. The van der Waals surface area contributed by atoms with Crippen LogP contribution in [0.4, 0.5) is 0 Å². The smallest absolute Gasteiger partial charge is 0.161 e. The van der Waals surface area contributed by atoms with Crippen molar-refractivity contribution in [3.8, 4) is 11.5 Å². The molecule has 1 aromatic rings. The number of likely N-dealkylation sites (N-methyl/N-ethyl adjacent to an activating group) is 1. The summed E-state index contributed by atoms with van der Waals surface area (Å²) in [6, 6.07) is 6.10. The van der Waals surface area contributed by atoms with Gasteiger partial charge in [-0.05, 0) is 37.1 Å². The van der Waals surface area contributed by atoms with E-state index in [-0.39, 0.29) is 0 Å². The Bertz CT molecular complexity index is 427. The summed E-state index contributed by atoms with van der Waals surface area (Å²) in [5.41, 5.74) is 2.54. The minimum absolute atomic E-state index is 0.714. The molecule has 0 aliphatic carbocycles. The highest BCUT2D eigenvalue weighted by atomic mass is 16.5. The van der Waals surface area contributed by atoms with Crippen LogP contribution >= 0.6 is 0 Å². The molecule has 0 fully saturated rings. The number of methoxy groups -OCH3 is 1. The van der Waals surface area contributed by atoms with E-state index in [9.17, 15) is 0 Å². The van der Waals surface area contributed by atoms with E-state index in [2.05, 4.69) is 38.2 Å². The van der Waals surface area contributed by atoms with E-state index in [4.69, 9.17) is 9.47 Å². The molecule has 0 aromatic heterocycles. The molecule has 20 heavy (non-hydrogen) atoms. The van der Waals surface area contributed by atoms with Gasteiger partial charge in [0.15, 0.2) is 11.5 Å². The predicted octanol–water partition coefficient (Wildman–Crippen LogP) is 3.89. The summed E-state index contributed by atoms with van der Waals surface area (Å²) < 4.78 is 11.1. The van der Waals surface area contributed by atoms with Crippen LogP contribution in [0.15, 0.2) is 23.8 Å². The van der Waals surface area contributed by atoms with Gasteiger partial charge < -0.3 is 14.8 Å². The molecule has 0 atom stereocenters. The van der Waals surface area contributed by atoms with Gasteiger partial charge in [0.05, 0.1) is 13.7 Å². The number of nitrogens with one attached hydrogen (secondary N) is 1. The molecule has 0 unspecified atom stereocenters. The highest BCUT2D eigenvalue weighted by molar-refractivity contribution is 5.58. The Labute approximate surface area is 123 Å². The third kappa shape index (κ3) is 5.25. The summed E-state index contributed by atoms with van der Waals surface area (Å²) in [5.74, 6) is 1.61. The first-order valence-electron chi connectivity index (χ1n) is 7.46. The Morgan fingerprint density at radius 2 is 2.00 bits per heavy atom. The summed E-state index contributed by atoms with van der Waals surface area (Å²) in [7, 11) is 1.68. The molecule has 0 amide bonds. The quantitative estimate of drug-likeness (QED) is 0.743. The van der Waals surface area contributed by atoms with E-state index < -0.39 is 0 Å². The molecule has 0 radical (unpaired) electrons. The number of hydrogen-bond donors (Lipinski definition) is 1. The van der Waals surface area contributed by atoms with Gasteiger partial charge in [0.2, 0.25) is 0 Å². The van der Waals surface area contributed by atoms with Crippen LogP contribution in [0.5, 0.6) is 11.5 Å². The van der Waals surface area contributed by atoms with Crippen molar-refractivity contribution in [2.75, 3.05) is 26.8 Å². The molecule has 1 rings (SSSR count). The Balaban J connectivity index is 2.87. The summed E-state index contributed by atoms with van der Waals surface area (Å²) in [4.78, 5) is 0. The van der Waals surface area contributed by atoms with E-state index >= 15 is 0 Å². The summed E-state index contributed by atoms with van der Waals surface area (Å²) in [5, 5.41) is 3.36. The molecule has 1 aromatic carbocycles. The van der Waals surface area contributed by atoms with E-state index in [0.29, 0.717) is 6.61 Å². The maximum absolute atomic E-state index is 5.67. The fourth-order valence-electron chi connectivity index (χ4n) is 1.90. The number of benzene rings is 1. The highest BCUT2D eigenvalue weighted by Gasteiger charge is 2.05. The predicted molar refractivity (Wildman–Crippen MR) is 85.6 cm³/mol. The highest BCUT2D eigenvalue weighted by Crippen LogP contribution is 2.29. The Hall–Kier alpha value is -1.48.